The molecule has 1 fully saturated rings. The highest BCUT2D eigenvalue weighted by atomic mass is 19.1. The summed E-state index contributed by atoms with van der Waals surface area (Å²) in [5.41, 5.74) is 1.78. The van der Waals surface area contributed by atoms with Gasteiger partial charge in [0.05, 0.1) is 11.9 Å². The Morgan fingerprint density at radius 3 is 2.67 bits per heavy atom. The maximum Gasteiger partial charge on any atom is 0.274 e. The van der Waals surface area contributed by atoms with Gasteiger partial charge in [-0.3, -0.25) is 4.79 Å². The van der Waals surface area contributed by atoms with Crippen LogP contribution in [-0.4, -0.2) is 24.0 Å². The molecule has 1 N–H and O–H groups in total. The Labute approximate surface area is 122 Å². The summed E-state index contributed by atoms with van der Waals surface area (Å²) >= 11 is 0. The number of aromatic nitrogens is 1. The minimum atomic E-state index is -0.384. The molecule has 21 heavy (non-hydrogen) atoms. The standard InChI is InChI=1S/C16H16FN3O/c17-12-4-3-5-13(10-12)19-16(21)15-7-6-14(11-18-15)20-8-1-2-9-20/h3-7,10-11H,1-2,8-9H2,(H,19,21). The number of carbonyl (C=O) groups is 1. The lowest BCUT2D eigenvalue weighted by Gasteiger charge is -2.16. The van der Waals surface area contributed by atoms with Gasteiger partial charge in [-0.1, -0.05) is 6.07 Å². The molecule has 0 saturated carbocycles. The number of hydrogen-bond acceptors (Lipinski definition) is 3. The van der Waals surface area contributed by atoms with Crippen molar-refractivity contribution < 1.29 is 9.18 Å². The maximum absolute atomic E-state index is 13.1. The highest BCUT2D eigenvalue weighted by Gasteiger charge is 2.14. The second-order valence-electron chi connectivity index (χ2n) is 5.06. The first-order valence-corrected chi connectivity index (χ1v) is 7.00. The summed E-state index contributed by atoms with van der Waals surface area (Å²) in [7, 11) is 0. The lowest BCUT2D eigenvalue weighted by Crippen LogP contribution is -2.19. The molecular weight excluding hydrogens is 269 g/mol. The molecule has 1 aliphatic rings. The molecule has 0 radical (unpaired) electrons. The lowest BCUT2D eigenvalue weighted by molar-refractivity contribution is 0.102. The summed E-state index contributed by atoms with van der Waals surface area (Å²) in [6.45, 7) is 2.08. The smallest absolute Gasteiger partial charge is 0.274 e. The third-order valence-electron chi connectivity index (χ3n) is 3.53. The number of nitrogens with one attached hydrogen (secondary N) is 1. The van der Waals surface area contributed by atoms with Crippen LogP contribution >= 0.6 is 0 Å². The van der Waals surface area contributed by atoms with Gasteiger partial charge in [0.25, 0.3) is 5.91 Å². The SMILES string of the molecule is O=C(Nc1cccc(F)c1)c1ccc(N2CCCC2)cn1. The van der Waals surface area contributed by atoms with E-state index in [2.05, 4.69) is 15.2 Å². The monoisotopic (exact) mass is 285 g/mol. The molecule has 1 amide bonds. The molecule has 2 heterocycles. The van der Waals surface area contributed by atoms with E-state index in [-0.39, 0.29) is 11.7 Å². The zero-order chi connectivity index (χ0) is 14.7. The Balaban J connectivity index is 1.70. The highest BCUT2D eigenvalue weighted by molar-refractivity contribution is 6.02. The number of carbonyl (C=O) groups excluding carboxylic acids is 1. The first-order chi connectivity index (χ1) is 10.2. The van der Waals surface area contributed by atoms with Crippen LogP contribution in [0.25, 0.3) is 0 Å². The number of amides is 1. The molecule has 1 aliphatic heterocycles. The molecule has 0 aliphatic carbocycles. The minimum Gasteiger partial charge on any atom is -0.370 e. The van der Waals surface area contributed by atoms with Gasteiger partial charge < -0.3 is 10.2 Å². The second-order valence-corrected chi connectivity index (χ2v) is 5.06. The molecule has 1 aromatic heterocycles. The molecule has 3 rings (SSSR count). The molecule has 0 spiro atoms. The number of anilines is 2. The van der Waals surface area contributed by atoms with Crippen molar-refractivity contribution in [2.24, 2.45) is 0 Å². The van der Waals surface area contributed by atoms with Gasteiger partial charge in [0.1, 0.15) is 11.5 Å². The molecule has 1 aromatic carbocycles. The van der Waals surface area contributed by atoms with Crippen molar-refractivity contribution in [3.05, 3.63) is 54.1 Å². The number of rotatable bonds is 3. The Bertz CT molecular complexity index is 636. The van der Waals surface area contributed by atoms with Gasteiger partial charge in [0.2, 0.25) is 0 Å². The molecule has 2 aromatic rings. The molecule has 1 saturated heterocycles. The second kappa shape index (κ2) is 5.91. The maximum atomic E-state index is 13.1. The van der Waals surface area contributed by atoms with Crippen LogP contribution < -0.4 is 10.2 Å². The summed E-state index contributed by atoms with van der Waals surface area (Å²) in [5, 5.41) is 2.63. The fourth-order valence-electron chi connectivity index (χ4n) is 2.44. The van der Waals surface area contributed by atoms with Crippen molar-refractivity contribution in [3.8, 4) is 0 Å². The Morgan fingerprint density at radius 1 is 1.19 bits per heavy atom. The van der Waals surface area contributed by atoms with Crippen molar-refractivity contribution in [2.75, 3.05) is 23.3 Å². The normalized spacial score (nSPS) is 14.2. The molecule has 0 atom stereocenters. The minimum absolute atomic E-state index is 0.321. The van der Waals surface area contributed by atoms with Gasteiger partial charge in [0.15, 0.2) is 0 Å². The quantitative estimate of drug-likeness (QED) is 0.942. The van der Waals surface area contributed by atoms with Gasteiger partial charge in [-0.05, 0) is 43.2 Å². The van der Waals surface area contributed by atoms with E-state index >= 15 is 0 Å². The predicted octanol–water partition coefficient (Wildman–Crippen LogP) is 3.07. The van der Waals surface area contributed by atoms with Crippen LogP contribution in [0.15, 0.2) is 42.6 Å². The number of benzene rings is 1. The van der Waals surface area contributed by atoms with Crippen LogP contribution in [0.4, 0.5) is 15.8 Å². The van der Waals surface area contributed by atoms with Crippen molar-refractivity contribution in [3.63, 3.8) is 0 Å². The first kappa shape index (κ1) is 13.5. The Morgan fingerprint density at radius 2 is 2.00 bits per heavy atom. The Kier molecular flexibility index (Phi) is 3.81. The van der Waals surface area contributed by atoms with Crippen LogP contribution in [0.3, 0.4) is 0 Å². The van der Waals surface area contributed by atoms with Gasteiger partial charge >= 0.3 is 0 Å². The fourth-order valence-corrected chi connectivity index (χ4v) is 2.44. The van der Waals surface area contributed by atoms with Crippen LogP contribution in [-0.2, 0) is 0 Å². The van der Waals surface area contributed by atoms with E-state index in [1.165, 1.54) is 25.0 Å². The van der Waals surface area contributed by atoms with E-state index in [1.807, 2.05) is 6.07 Å². The van der Waals surface area contributed by atoms with E-state index in [0.29, 0.717) is 11.4 Å². The van der Waals surface area contributed by atoms with Crippen molar-refractivity contribution in [1.29, 1.82) is 0 Å². The summed E-state index contributed by atoms with van der Waals surface area (Å²) in [6, 6.07) is 9.39. The van der Waals surface area contributed by atoms with Crippen LogP contribution in [0.2, 0.25) is 0 Å². The van der Waals surface area contributed by atoms with E-state index in [1.54, 1.807) is 24.4 Å². The van der Waals surface area contributed by atoms with Gasteiger partial charge in [-0.2, -0.15) is 0 Å². The van der Waals surface area contributed by atoms with Crippen molar-refractivity contribution in [1.82, 2.24) is 4.98 Å². The summed E-state index contributed by atoms with van der Waals surface area (Å²) in [4.78, 5) is 18.5. The van der Waals surface area contributed by atoms with Gasteiger partial charge in [-0.25, -0.2) is 9.37 Å². The number of pyridine rings is 1. The third-order valence-corrected chi connectivity index (χ3v) is 3.53. The van der Waals surface area contributed by atoms with E-state index in [9.17, 15) is 9.18 Å². The van der Waals surface area contributed by atoms with E-state index < -0.39 is 0 Å². The van der Waals surface area contributed by atoms with E-state index in [0.717, 1.165) is 18.8 Å². The Hall–Kier alpha value is -2.43. The largest absolute Gasteiger partial charge is 0.370 e. The predicted molar refractivity (Wildman–Crippen MR) is 80.0 cm³/mol. The molecule has 0 unspecified atom stereocenters. The average Bonchev–Trinajstić information content (AvgIpc) is 3.01. The van der Waals surface area contributed by atoms with Crippen LogP contribution in [0, 0.1) is 5.82 Å². The topological polar surface area (TPSA) is 45.2 Å². The van der Waals surface area contributed by atoms with Crippen molar-refractivity contribution in [2.45, 2.75) is 12.8 Å². The summed E-state index contributed by atoms with van der Waals surface area (Å²) < 4.78 is 13.1. The van der Waals surface area contributed by atoms with Crippen molar-refractivity contribution >= 4 is 17.3 Å². The molecular formula is C16H16FN3O. The van der Waals surface area contributed by atoms with Crippen LogP contribution in [0.1, 0.15) is 23.3 Å². The molecule has 0 bridgehead atoms. The number of nitrogens with zero attached hydrogens (tertiary/aromatic N) is 2. The van der Waals surface area contributed by atoms with Gasteiger partial charge in [-0.15, -0.1) is 0 Å². The molecule has 4 nitrogen and oxygen atoms in total. The number of hydrogen-bond donors (Lipinski definition) is 1. The molecule has 5 heteroatoms. The molecule has 108 valence electrons. The van der Waals surface area contributed by atoms with Crippen LogP contribution in [0.5, 0.6) is 0 Å². The summed E-state index contributed by atoms with van der Waals surface area (Å²) in [6.07, 6.45) is 4.11. The van der Waals surface area contributed by atoms with Gasteiger partial charge in [0, 0.05) is 18.8 Å². The lowest BCUT2D eigenvalue weighted by atomic mass is 10.2. The zero-order valence-electron chi connectivity index (χ0n) is 11.6. The first-order valence-electron chi connectivity index (χ1n) is 7.00. The summed E-state index contributed by atoms with van der Waals surface area (Å²) in [5.74, 6) is -0.723. The number of halogens is 1. The fraction of sp³-hybridized carbons (Fsp3) is 0.250. The zero-order valence-corrected chi connectivity index (χ0v) is 11.6. The van der Waals surface area contributed by atoms with E-state index in [4.69, 9.17) is 0 Å². The highest BCUT2D eigenvalue weighted by Crippen LogP contribution is 2.19. The third kappa shape index (κ3) is 3.18. The average molecular weight is 285 g/mol.